The minimum Gasteiger partial charge on any atom is -0.465 e. The highest BCUT2D eigenvalue weighted by Crippen LogP contribution is 2.21. The molecule has 19 heavy (non-hydrogen) atoms. The maximum Gasteiger partial charge on any atom is 0.409 e. The summed E-state index contributed by atoms with van der Waals surface area (Å²) < 4.78 is 0. The van der Waals surface area contributed by atoms with E-state index in [2.05, 4.69) is 20.5 Å². The minimum absolute atomic E-state index is 0.180. The molecule has 3 N–H and O–H groups in total. The van der Waals surface area contributed by atoms with Crippen LogP contribution in [0.2, 0.25) is 5.02 Å². The zero-order valence-electron chi connectivity index (χ0n) is 9.78. The van der Waals surface area contributed by atoms with Crippen molar-refractivity contribution in [2.24, 2.45) is 0 Å². The highest BCUT2D eigenvalue weighted by atomic mass is 35.5. The van der Waals surface area contributed by atoms with E-state index < -0.39 is 12.2 Å². The van der Waals surface area contributed by atoms with Gasteiger partial charge in [0.05, 0.1) is 29.2 Å². The van der Waals surface area contributed by atoms with Crippen LogP contribution >= 0.6 is 11.6 Å². The summed E-state index contributed by atoms with van der Waals surface area (Å²) in [5.74, 6) is 0.240. The van der Waals surface area contributed by atoms with Gasteiger partial charge in [-0.05, 0) is 13.0 Å². The zero-order chi connectivity index (χ0) is 14.0. The van der Waals surface area contributed by atoms with Gasteiger partial charge in [-0.3, -0.25) is 5.32 Å². The van der Waals surface area contributed by atoms with E-state index in [4.69, 9.17) is 16.7 Å². The number of aromatic nitrogens is 4. The molecule has 0 saturated carbocycles. The van der Waals surface area contributed by atoms with E-state index >= 15 is 0 Å². The van der Waals surface area contributed by atoms with Crippen LogP contribution in [-0.4, -0.2) is 36.3 Å². The maximum absolute atomic E-state index is 10.5. The van der Waals surface area contributed by atoms with Gasteiger partial charge in [0.25, 0.3) is 0 Å². The standard InChI is InChI=1S/C10H10ClN5O3/c1-5(17)8-4-13-16(15-8)9-7(11)2-6(3-12-9)14-10(18)19/h2-5,14,17H,1H3,(H,18,19). The Labute approximate surface area is 112 Å². The third-order valence-corrected chi connectivity index (χ3v) is 2.48. The van der Waals surface area contributed by atoms with Crippen LogP contribution < -0.4 is 5.32 Å². The molecule has 0 spiro atoms. The van der Waals surface area contributed by atoms with Crippen molar-refractivity contribution in [1.82, 2.24) is 20.0 Å². The normalized spacial score (nSPS) is 12.2. The van der Waals surface area contributed by atoms with Gasteiger partial charge in [-0.1, -0.05) is 11.6 Å². The second-order valence-corrected chi connectivity index (χ2v) is 4.10. The fourth-order valence-electron chi connectivity index (χ4n) is 1.34. The van der Waals surface area contributed by atoms with Crippen molar-refractivity contribution in [3.8, 4) is 5.82 Å². The summed E-state index contributed by atoms with van der Waals surface area (Å²) in [5, 5.41) is 28.2. The van der Waals surface area contributed by atoms with Crippen molar-refractivity contribution in [3.05, 3.63) is 29.2 Å². The van der Waals surface area contributed by atoms with E-state index in [0.29, 0.717) is 5.69 Å². The lowest BCUT2D eigenvalue weighted by Crippen LogP contribution is -2.09. The van der Waals surface area contributed by atoms with E-state index in [1.807, 2.05) is 0 Å². The number of aliphatic hydroxyl groups is 1. The Hall–Kier alpha value is -2.19. The number of rotatable bonds is 3. The van der Waals surface area contributed by atoms with Gasteiger partial charge in [-0.25, -0.2) is 9.78 Å². The first kappa shape index (κ1) is 13.2. The molecule has 0 bridgehead atoms. The molecule has 2 aromatic heterocycles. The molecule has 1 amide bonds. The van der Waals surface area contributed by atoms with Gasteiger partial charge in [0.2, 0.25) is 0 Å². The Morgan fingerprint density at radius 1 is 1.53 bits per heavy atom. The second-order valence-electron chi connectivity index (χ2n) is 3.69. The zero-order valence-corrected chi connectivity index (χ0v) is 10.5. The molecule has 100 valence electrons. The highest BCUT2D eigenvalue weighted by Gasteiger charge is 2.12. The Balaban J connectivity index is 2.31. The molecular formula is C10H10ClN5O3. The number of hydrogen-bond donors (Lipinski definition) is 3. The first-order valence-electron chi connectivity index (χ1n) is 5.23. The predicted octanol–water partition coefficient (Wildman–Crippen LogP) is 1.46. The van der Waals surface area contributed by atoms with Gasteiger partial charge in [-0.15, -0.1) is 9.90 Å². The Bertz CT molecular complexity index is 613. The number of amides is 1. The Morgan fingerprint density at radius 3 is 2.79 bits per heavy atom. The minimum atomic E-state index is -1.21. The average Bonchev–Trinajstić information content (AvgIpc) is 2.77. The number of nitrogens with zero attached hydrogens (tertiary/aromatic N) is 4. The van der Waals surface area contributed by atoms with E-state index in [9.17, 15) is 9.90 Å². The second kappa shape index (κ2) is 5.21. The van der Waals surface area contributed by atoms with Gasteiger partial charge >= 0.3 is 6.09 Å². The number of hydrogen-bond acceptors (Lipinski definition) is 5. The molecule has 2 heterocycles. The smallest absolute Gasteiger partial charge is 0.409 e. The number of carbonyl (C=O) groups is 1. The largest absolute Gasteiger partial charge is 0.465 e. The third kappa shape index (κ3) is 2.98. The number of pyridine rings is 1. The molecule has 2 rings (SSSR count). The lowest BCUT2D eigenvalue weighted by molar-refractivity contribution is 0.193. The molecule has 0 fully saturated rings. The number of halogens is 1. The maximum atomic E-state index is 10.5. The summed E-state index contributed by atoms with van der Waals surface area (Å²) in [6, 6.07) is 1.39. The lowest BCUT2D eigenvalue weighted by atomic mass is 10.3. The van der Waals surface area contributed by atoms with E-state index in [1.54, 1.807) is 6.92 Å². The molecule has 0 aliphatic rings. The molecule has 9 heteroatoms. The summed E-state index contributed by atoms with van der Waals surface area (Å²) >= 11 is 5.98. The van der Waals surface area contributed by atoms with Crippen molar-refractivity contribution < 1.29 is 15.0 Å². The SMILES string of the molecule is CC(O)c1cnn(-c2ncc(NC(=O)O)cc2Cl)n1. The van der Waals surface area contributed by atoms with Crippen molar-refractivity contribution >= 4 is 23.4 Å². The number of anilines is 1. The Morgan fingerprint density at radius 2 is 2.26 bits per heavy atom. The predicted molar refractivity (Wildman–Crippen MR) is 66.4 cm³/mol. The number of carboxylic acid groups (broad SMARTS) is 1. The summed E-state index contributed by atoms with van der Waals surface area (Å²) in [7, 11) is 0. The van der Waals surface area contributed by atoms with Crippen molar-refractivity contribution in [1.29, 1.82) is 0 Å². The van der Waals surface area contributed by atoms with Crippen LogP contribution in [0, 0.1) is 0 Å². The number of nitrogens with one attached hydrogen (secondary N) is 1. The van der Waals surface area contributed by atoms with Gasteiger partial charge in [0.15, 0.2) is 5.82 Å². The third-order valence-electron chi connectivity index (χ3n) is 2.20. The van der Waals surface area contributed by atoms with Gasteiger partial charge in [0, 0.05) is 0 Å². The van der Waals surface area contributed by atoms with E-state index in [0.717, 1.165) is 4.80 Å². The Kier molecular flexibility index (Phi) is 3.63. The molecule has 0 radical (unpaired) electrons. The molecule has 8 nitrogen and oxygen atoms in total. The van der Waals surface area contributed by atoms with E-state index in [-0.39, 0.29) is 16.5 Å². The highest BCUT2D eigenvalue weighted by molar-refractivity contribution is 6.32. The molecule has 0 aliphatic heterocycles. The first-order chi connectivity index (χ1) is 8.97. The van der Waals surface area contributed by atoms with Gasteiger partial charge in [0.1, 0.15) is 5.69 Å². The van der Waals surface area contributed by atoms with Gasteiger partial charge < -0.3 is 10.2 Å². The van der Waals surface area contributed by atoms with Gasteiger partial charge in [-0.2, -0.15) is 5.10 Å². The van der Waals surface area contributed by atoms with Crippen molar-refractivity contribution in [2.45, 2.75) is 13.0 Å². The summed E-state index contributed by atoms with van der Waals surface area (Å²) in [5.41, 5.74) is 0.620. The molecule has 0 aliphatic carbocycles. The fourth-order valence-corrected chi connectivity index (χ4v) is 1.58. The quantitative estimate of drug-likeness (QED) is 0.786. The molecular weight excluding hydrogens is 274 g/mol. The van der Waals surface area contributed by atoms with Crippen LogP contribution in [-0.2, 0) is 0 Å². The van der Waals surface area contributed by atoms with Crippen LogP contribution in [0.1, 0.15) is 18.7 Å². The van der Waals surface area contributed by atoms with Crippen LogP contribution in [0.4, 0.5) is 10.5 Å². The van der Waals surface area contributed by atoms with Crippen molar-refractivity contribution in [2.75, 3.05) is 5.32 Å². The van der Waals surface area contributed by atoms with Crippen LogP contribution in [0.3, 0.4) is 0 Å². The van der Waals surface area contributed by atoms with Crippen molar-refractivity contribution in [3.63, 3.8) is 0 Å². The molecule has 1 atom stereocenters. The van der Waals surface area contributed by atoms with Crippen LogP contribution in [0.15, 0.2) is 18.5 Å². The summed E-state index contributed by atoms with van der Waals surface area (Å²) in [4.78, 5) is 15.6. The van der Waals surface area contributed by atoms with Crippen LogP contribution in [0.25, 0.3) is 5.82 Å². The summed E-state index contributed by atoms with van der Waals surface area (Å²) in [6.45, 7) is 1.56. The van der Waals surface area contributed by atoms with E-state index in [1.165, 1.54) is 18.5 Å². The van der Waals surface area contributed by atoms with Crippen LogP contribution in [0.5, 0.6) is 0 Å². The first-order valence-corrected chi connectivity index (χ1v) is 5.61. The monoisotopic (exact) mass is 283 g/mol. The molecule has 0 aromatic carbocycles. The average molecular weight is 284 g/mol. The lowest BCUT2D eigenvalue weighted by Gasteiger charge is -2.05. The fraction of sp³-hybridized carbons (Fsp3) is 0.200. The number of aliphatic hydroxyl groups excluding tert-OH is 1. The molecule has 2 aromatic rings. The molecule has 1 unspecified atom stereocenters. The topological polar surface area (TPSA) is 113 Å². The summed E-state index contributed by atoms with van der Waals surface area (Å²) in [6.07, 6.45) is 0.729. The molecule has 0 saturated heterocycles.